The lowest BCUT2D eigenvalue weighted by molar-refractivity contribution is 1.45. The molecule has 0 saturated carbocycles. The monoisotopic (exact) mass is 238 g/mol. The third-order valence-corrected chi connectivity index (χ3v) is 3.93. The summed E-state index contributed by atoms with van der Waals surface area (Å²) in [5, 5.41) is 0. The van der Waals surface area contributed by atoms with E-state index in [4.69, 9.17) is 0 Å². The van der Waals surface area contributed by atoms with Crippen molar-refractivity contribution in [1.29, 1.82) is 0 Å². The van der Waals surface area contributed by atoms with Crippen molar-refractivity contribution >= 4 is 21.6 Å². The van der Waals surface area contributed by atoms with Crippen molar-refractivity contribution in [3.05, 3.63) is 59.4 Å². The molecule has 15 heavy (non-hydrogen) atoms. The van der Waals surface area contributed by atoms with E-state index in [1.165, 1.54) is 4.91 Å². The largest absolute Gasteiger partial charge is 0.0990 e. The average Bonchev–Trinajstić information content (AvgIpc) is 2.80. The molecule has 0 saturated heterocycles. The highest BCUT2D eigenvalue weighted by atomic mass is 33.1. The van der Waals surface area contributed by atoms with Gasteiger partial charge in [-0.05, 0) is 12.5 Å². The Morgan fingerprint density at radius 2 is 2.13 bits per heavy atom. The number of rotatable bonds is 5. The van der Waals surface area contributed by atoms with Crippen molar-refractivity contribution < 1.29 is 0 Å². The normalized spacial score (nSPS) is 14.0. The molecule has 0 aromatic rings. The van der Waals surface area contributed by atoms with E-state index in [0.717, 1.165) is 11.3 Å². The van der Waals surface area contributed by atoms with Crippen molar-refractivity contribution in [3.63, 3.8) is 0 Å². The molecular formula is C13H18S2. The summed E-state index contributed by atoms with van der Waals surface area (Å²) in [6.45, 7) is 11.4. The molecule has 0 bridgehead atoms. The molecule has 82 valence electrons. The Balaban J connectivity index is 0.000000921. The van der Waals surface area contributed by atoms with E-state index in [9.17, 15) is 0 Å². The van der Waals surface area contributed by atoms with Gasteiger partial charge in [0, 0.05) is 9.81 Å². The third-order valence-electron chi connectivity index (χ3n) is 1.45. The summed E-state index contributed by atoms with van der Waals surface area (Å²) in [6, 6.07) is 0. The Kier molecular flexibility index (Phi) is 9.54. The van der Waals surface area contributed by atoms with Gasteiger partial charge < -0.3 is 0 Å². The van der Waals surface area contributed by atoms with Crippen LogP contribution >= 0.6 is 21.6 Å². The number of hydrogen-bond donors (Lipinski definition) is 0. The molecule has 1 aliphatic rings. The molecule has 0 heterocycles. The summed E-state index contributed by atoms with van der Waals surface area (Å²) in [4.78, 5) is 2.46. The summed E-state index contributed by atoms with van der Waals surface area (Å²) in [5.74, 6) is 0. The zero-order valence-corrected chi connectivity index (χ0v) is 11.0. The van der Waals surface area contributed by atoms with Crippen LogP contribution in [-0.2, 0) is 0 Å². The minimum Gasteiger partial charge on any atom is -0.0990 e. The van der Waals surface area contributed by atoms with Crippen LogP contribution in [0.2, 0.25) is 0 Å². The van der Waals surface area contributed by atoms with E-state index < -0.39 is 0 Å². The van der Waals surface area contributed by atoms with E-state index in [1.807, 2.05) is 26.0 Å². The van der Waals surface area contributed by atoms with Gasteiger partial charge in [0.1, 0.15) is 0 Å². The maximum absolute atomic E-state index is 3.74. The molecule has 0 aromatic carbocycles. The van der Waals surface area contributed by atoms with Gasteiger partial charge >= 0.3 is 0 Å². The fraction of sp³-hybridized carbons (Fsp3) is 0.231. The molecular weight excluding hydrogens is 220 g/mol. The predicted octanol–water partition coefficient (Wildman–Crippen LogP) is 5.49. The molecule has 2 heteroatoms. The van der Waals surface area contributed by atoms with Crippen LogP contribution in [0.25, 0.3) is 0 Å². The highest BCUT2D eigenvalue weighted by Gasteiger charge is 1.99. The Hall–Kier alpha value is -0.600. The molecule has 0 amide bonds. The quantitative estimate of drug-likeness (QED) is 0.458. The van der Waals surface area contributed by atoms with Gasteiger partial charge in [0.25, 0.3) is 0 Å². The van der Waals surface area contributed by atoms with Crippen LogP contribution in [0, 0.1) is 0 Å². The van der Waals surface area contributed by atoms with E-state index in [2.05, 4.69) is 31.4 Å². The van der Waals surface area contributed by atoms with E-state index in [-0.39, 0.29) is 0 Å². The van der Waals surface area contributed by atoms with Gasteiger partial charge in [-0.15, -0.1) is 0 Å². The van der Waals surface area contributed by atoms with Crippen LogP contribution in [0.4, 0.5) is 0 Å². The SMILES string of the molecule is C=C/C=C(\C=C)SSC1=CCC=C1.CC. The maximum atomic E-state index is 3.74. The molecule has 0 aromatic heterocycles. The zero-order valence-electron chi connectivity index (χ0n) is 9.40. The molecule has 0 fully saturated rings. The molecule has 0 radical (unpaired) electrons. The minimum atomic E-state index is 1.07. The van der Waals surface area contributed by atoms with Crippen LogP contribution < -0.4 is 0 Å². The van der Waals surface area contributed by atoms with Crippen LogP contribution in [0.5, 0.6) is 0 Å². The first-order valence-corrected chi connectivity index (χ1v) is 7.18. The first-order chi connectivity index (χ1) is 7.36. The summed E-state index contributed by atoms with van der Waals surface area (Å²) in [7, 11) is 3.47. The van der Waals surface area contributed by atoms with Gasteiger partial charge in [-0.3, -0.25) is 0 Å². The van der Waals surface area contributed by atoms with E-state index >= 15 is 0 Å². The molecule has 1 aliphatic carbocycles. The number of allylic oxidation sites excluding steroid dienone is 6. The maximum Gasteiger partial charge on any atom is 0.0180 e. The van der Waals surface area contributed by atoms with Crippen molar-refractivity contribution in [2.24, 2.45) is 0 Å². The first-order valence-electron chi connectivity index (χ1n) is 5.03. The molecule has 0 unspecified atom stereocenters. The Morgan fingerprint density at radius 3 is 2.60 bits per heavy atom. The average molecular weight is 238 g/mol. The smallest absolute Gasteiger partial charge is 0.0180 e. The fourth-order valence-electron chi connectivity index (χ4n) is 0.840. The minimum absolute atomic E-state index is 1.07. The second-order valence-corrected chi connectivity index (χ2v) is 4.70. The Labute approximate surface area is 101 Å². The number of hydrogen-bond acceptors (Lipinski definition) is 2. The molecule has 0 N–H and O–H groups in total. The van der Waals surface area contributed by atoms with Gasteiger partial charge in [-0.1, -0.05) is 79.0 Å². The van der Waals surface area contributed by atoms with Crippen LogP contribution in [0.1, 0.15) is 20.3 Å². The Bertz CT molecular complexity index is 283. The van der Waals surface area contributed by atoms with Gasteiger partial charge in [-0.25, -0.2) is 0 Å². The third kappa shape index (κ3) is 6.47. The van der Waals surface area contributed by atoms with Crippen LogP contribution in [-0.4, -0.2) is 0 Å². The van der Waals surface area contributed by atoms with Crippen molar-refractivity contribution in [2.75, 3.05) is 0 Å². The highest BCUT2D eigenvalue weighted by Crippen LogP contribution is 2.38. The van der Waals surface area contributed by atoms with Gasteiger partial charge in [0.05, 0.1) is 0 Å². The topological polar surface area (TPSA) is 0 Å². The highest BCUT2D eigenvalue weighted by molar-refractivity contribution is 8.79. The van der Waals surface area contributed by atoms with Crippen LogP contribution in [0.15, 0.2) is 59.4 Å². The standard InChI is InChI=1S/C11H12S2.C2H6/c1-3-7-10(4-2)12-13-11-8-5-6-9-11;1-2/h3-5,7-9H,1-2,6H2;1-2H3/b10-7+;. The van der Waals surface area contributed by atoms with Crippen LogP contribution in [0.3, 0.4) is 0 Å². The Morgan fingerprint density at radius 1 is 1.40 bits per heavy atom. The zero-order chi connectivity index (χ0) is 11.5. The lowest BCUT2D eigenvalue weighted by Crippen LogP contribution is -1.65. The van der Waals surface area contributed by atoms with E-state index in [0.29, 0.717) is 0 Å². The lowest BCUT2D eigenvalue weighted by atomic mass is 10.5. The molecule has 0 nitrogen and oxygen atoms in total. The summed E-state index contributed by atoms with van der Waals surface area (Å²) in [6.07, 6.45) is 13.2. The van der Waals surface area contributed by atoms with Gasteiger partial charge in [0.2, 0.25) is 0 Å². The summed E-state index contributed by atoms with van der Waals surface area (Å²) < 4.78 is 0. The summed E-state index contributed by atoms with van der Waals surface area (Å²) >= 11 is 0. The van der Waals surface area contributed by atoms with Crippen molar-refractivity contribution in [3.8, 4) is 0 Å². The van der Waals surface area contributed by atoms with Crippen molar-refractivity contribution in [2.45, 2.75) is 20.3 Å². The van der Waals surface area contributed by atoms with Gasteiger partial charge in [0.15, 0.2) is 0 Å². The van der Waals surface area contributed by atoms with E-state index in [1.54, 1.807) is 27.7 Å². The fourth-order valence-corrected chi connectivity index (χ4v) is 2.89. The van der Waals surface area contributed by atoms with Gasteiger partial charge in [-0.2, -0.15) is 0 Å². The first kappa shape index (κ1) is 14.4. The summed E-state index contributed by atoms with van der Waals surface area (Å²) in [5.41, 5.74) is 0. The molecule has 1 rings (SSSR count). The lowest BCUT2D eigenvalue weighted by Gasteiger charge is -1.99. The van der Waals surface area contributed by atoms with Crippen molar-refractivity contribution in [1.82, 2.24) is 0 Å². The molecule has 0 atom stereocenters. The molecule has 0 spiro atoms. The second kappa shape index (κ2) is 9.94. The molecule has 0 aliphatic heterocycles. The predicted molar refractivity (Wildman–Crippen MR) is 76.8 cm³/mol. The second-order valence-electron chi connectivity index (χ2n) is 2.42.